The number of hydrogen-bond acceptors (Lipinski definition) is 2. The molecule has 1 saturated carbocycles. The molecule has 0 aromatic heterocycles. The molecule has 0 aliphatic heterocycles. The van der Waals surface area contributed by atoms with E-state index in [9.17, 15) is 0 Å². The third-order valence-electron chi connectivity index (χ3n) is 2.12. The minimum absolute atomic E-state index is 0.335. The zero-order chi connectivity index (χ0) is 8.32. The maximum Gasteiger partial charge on any atom is 0.0733 e. The standard InChI is InChI=1S/C8H15NOS/c1-2-10-6-8(3-4-8)5-7(9)11/h2-6H2,1H3,(H2,9,11). The van der Waals surface area contributed by atoms with Crippen LogP contribution in [-0.4, -0.2) is 18.2 Å². The largest absolute Gasteiger partial charge is 0.393 e. The summed E-state index contributed by atoms with van der Waals surface area (Å²) in [6.45, 7) is 3.64. The molecule has 0 radical (unpaired) electrons. The van der Waals surface area contributed by atoms with Gasteiger partial charge in [-0.05, 0) is 19.8 Å². The zero-order valence-corrected chi connectivity index (χ0v) is 7.75. The molecule has 0 atom stereocenters. The quantitative estimate of drug-likeness (QED) is 0.640. The van der Waals surface area contributed by atoms with Crippen LogP contribution in [0.1, 0.15) is 26.2 Å². The molecule has 0 spiro atoms. The summed E-state index contributed by atoms with van der Waals surface area (Å²) in [6, 6.07) is 0. The van der Waals surface area contributed by atoms with E-state index in [1.807, 2.05) is 6.92 Å². The van der Waals surface area contributed by atoms with Crippen molar-refractivity contribution in [2.24, 2.45) is 11.1 Å². The summed E-state index contributed by atoms with van der Waals surface area (Å²) in [4.78, 5) is 0.627. The van der Waals surface area contributed by atoms with E-state index in [1.165, 1.54) is 12.8 Å². The first-order chi connectivity index (χ1) is 5.18. The average Bonchev–Trinajstić information content (AvgIpc) is 2.64. The Kier molecular flexibility index (Phi) is 2.84. The summed E-state index contributed by atoms with van der Waals surface area (Å²) < 4.78 is 5.35. The van der Waals surface area contributed by atoms with Crippen molar-refractivity contribution in [2.75, 3.05) is 13.2 Å². The van der Waals surface area contributed by atoms with Crippen molar-refractivity contribution in [3.63, 3.8) is 0 Å². The van der Waals surface area contributed by atoms with Crippen LogP contribution in [0.4, 0.5) is 0 Å². The molecule has 1 rings (SSSR count). The van der Waals surface area contributed by atoms with Gasteiger partial charge in [-0.1, -0.05) is 12.2 Å². The van der Waals surface area contributed by atoms with Crippen LogP contribution in [0, 0.1) is 5.41 Å². The Morgan fingerprint density at radius 3 is 2.64 bits per heavy atom. The highest BCUT2D eigenvalue weighted by Gasteiger charge is 2.42. The summed E-state index contributed by atoms with van der Waals surface area (Å²) >= 11 is 4.86. The number of rotatable bonds is 5. The zero-order valence-electron chi connectivity index (χ0n) is 6.93. The van der Waals surface area contributed by atoms with Crippen molar-refractivity contribution in [3.05, 3.63) is 0 Å². The SMILES string of the molecule is CCOCC1(CC(N)=S)CC1. The highest BCUT2D eigenvalue weighted by Crippen LogP contribution is 2.48. The highest BCUT2D eigenvalue weighted by molar-refractivity contribution is 7.80. The summed E-state index contributed by atoms with van der Waals surface area (Å²) in [5.74, 6) is 0. The van der Waals surface area contributed by atoms with E-state index in [2.05, 4.69) is 0 Å². The molecule has 0 aromatic rings. The van der Waals surface area contributed by atoms with Gasteiger partial charge in [0.25, 0.3) is 0 Å². The maximum absolute atomic E-state index is 5.47. The Morgan fingerprint density at radius 1 is 1.64 bits per heavy atom. The van der Waals surface area contributed by atoms with Gasteiger partial charge in [0, 0.05) is 18.4 Å². The Labute approximate surface area is 73.1 Å². The second kappa shape index (κ2) is 3.50. The Hall–Kier alpha value is -0.150. The highest BCUT2D eigenvalue weighted by atomic mass is 32.1. The van der Waals surface area contributed by atoms with Crippen molar-refractivity contribution in [2.45, 2.75) is 26.2 Å². The molecule has 1 aliphatic carbocycles. The Bertz CT molecular complexity index is 154. The van der Waals surface area contributed by atoms with E-state index in [0.717, 1.165) is 19.6 Å². The lowest BCUT2D eigenvalue weighted by atomic mass is 10.0. The summed E-state index contributed by atoms with van der Waals surface area (Å²) in [7, 11) is 0. The van der Waals surface area contributed by atoms with E-state index in [1.54, 1.807) is 0 Å². The molecule has 0 amide bonds. The lowest BCUT2D eigenvalue weighted by Crippen LogP contribution is -2.19. The molecule has 0 bridgehead atoms. The predicted molar refractivity (Wildman–Crippen MR) is 49.6 cm³/mol. The topological polar surface area (TPSA) is 35.2 Å². The fourth-order valence-corrected chi connectivity index (χ4v) is 1.54. The van der Waals surface area contributed by atoms with E-state index in [-0.39, 0.29) is 0 Å². The van der Waals surface area contributed by atoms with Crippen molar-refractivity contribution in [1.29, 1.82) is 0 Å². The first-order valence-corrected chi connectivity index (χ1v) is 4.45. The summed E-state index contributed by atoms with van der Waals surface area (Å²) in [5.41, 5.74) is 5.80. The Balaban J connectivity index is 2.23. The van der Waals surface area contributed by atoms with Gasteiger partial charge in [0.05, 0.1) is 11.6 Å². The van der Waals surface area contributed by atoms with Crippen molar-refractivity contribution in [3.8, 4) is 0 Å². The van der Waals surface area contributed by atoms with Gasteiger partial charge in [-0.15, -0.1) is 0 Å². The van der Waals surface area contributed by atoms with Gasteiger partial charge in [-0.2, -0.15) is 0 Å². The molecule has 0 saturated heterocycles. The molecule has 64 valence electrons. The van der Waals surface area contributed by atoms with Gasteiger partial charge in [-0.25, -0.2) is 0 Å². The van der Waals surface area contributed by atoms with E-state index >= 15 is 0 Å². The van der Waals surface area contributed by atoms with Crippen LogP contribution in [0.25, 0.3) is 0 Å². The van der Waals surface area contributed by atoms with Crippen LogP contribution >= 0.6 is 12.2 Å². The lowest BCUT2D eigenvalue weighted by Gasteiger charge is -2.12. The molecule has 1 fully saturated rings. The number of nitrogens with two attached hydrogens (primary N) is 1. The molecular formula is C8H15NOS. The molecule has 3 heteroatoms. The Morgan fingerprint density at radius 2 is 2.27 bits per heavy atom. The molecule has 11 heavy (non-hydrogen) atoms. The lowest BCUT2D eigenvalue weighted by molar-refractivity contribution is 0.103. The van der Waals surface area contributed by atoms with Crippen LogP contribution in [0.2, 0.25) is 0 Å². The third-order valence-corrected chi connectivity index (χ3v) is 2.26. The van der Waals surface area contributed by atoms with Crippen LogP contribution in [0.3, 0.4) is 0 Å². The summed E-state index contributed by atoms with van der Waals surface area (Å²) in [5, 5.41) is 0. The second-order valence-electron chi connectivity index (χ2n) is 3.28. The average molecular weight is 173 g/mol. The van der Waals surface area contributed by atoms with Crippen LogP contribution in [-0.2, 0) is 4.74 Å². The van der Waals surface area contributed by atoms with Crippen LogP contribution in [0.15, 0.2) is 0 Å². The molecule has 0 aromatic carbocycles. The van der Waals surface area contributed by atoms with Gasteiger partial charge in [0.2, 0.25) is 0 Å². The predicted octanol–water partition coefficient (Wildman–Crippen LogP) is 1.48. The number of ether oxygens (including phenoxy) is 1. The molecule has 2 N–H and O–H groups in total. The third kappa shape index (κ3) is 2.75. The van der Waals surface area contributed by atoms with E-state index in [0.29, 0.717) is 10.4 Å². The normalized spacial score (nSPS) is 19.7. The van der Waals surface area contributed by atoms with Crippen molar-refractivity contribution < 1.29 is 4.74 Å². The van der Waals surface area contributed by atoms with Gasteiger partial charge >= 0.3 is 0 Å². The molecule has 2 nitrogen and oxygen atoms in total. The van der Waals surface area contributed by atoms with Gasteiger partial charge in [0.1, 0.15) is 0 Å². The van der Waals surface area contributed by atoms with Gasteiger partial charge in [0.15, 0.2) is 0 Å². The first-order valence-electron chi connectivity index (χ1n) is 4.05. The van der Waals surface area contributed by atoms with E-state index < -0.39 is 0 Å². The van der Waals surface area contributed by atoms with E-state index in [4.69, 9.17) is 22.7 Å². The fraction of sp³-hybridized carbons (Fsp3) is 0.875. The monoisotopic (exact) mass is 173 g/mol. The van der Waals surface area contributed by atoms with Crippen LogP contribution in [0.5, 0.6) is 0 Å². The number of thiocarbonyl (C=S) groups is 1. The smallest absolute Gasteiger partial charge is 0.0733 e. The first kappa shape index (κ1) is 8.94. The molecule has 0 unspecified atom stereocenters. The van der Waals surface area contributed by atoms with Gasteiger partial charge in [-0.3, -0.25) is 0 Å². The molecule has 0 heterocycles. The molecule has 1 aliphatic rings. The minimum atomic E-state index is 0.335. The minimum Gasteiger partial charge on any atom is -0.393 e. The number of hydrogen-bond donors (Lipinski definition) is 1. The van der Waals surface area contributed by atoms with Crippen molar-refractivity contribution in [1.82, 2.24) is 0 Å². The van der Waals surface area contributed by atoms with Gasteiger partial charge < -0.3 is 10.5 Å². The summed E-state index contributed by atoms with van der Waals surface area (Å²) in [6.07, 6.45) is 3.32. The molecular weight excluding hydrogens is 158 g/mol. The van der Waals surface area contributed by atoms with Crippen molar-refractivity contribution >= 4 is 17.2 Å². The second-order valence-corrected chi connectivity index (χ2v) is 3.80. The maximum atomic E-state index is 5.47. The fourth-order valence-electron chi connectivity index (χ4n) is 1.24. The van der Waals surface area contributed by atoms with Crippen LogP contribution < -0.4 is 5.73 Å².